The first-order valence-electron chi connectivity index (χ1n) is 4.92. The quantitative estimate of drug-likeness (QED) is 0.826. The molecule has 1 aromatic heterocycles. The van der Waals surface area contributed by atoms with Gasteiger partial charge in [-0.15, -0.1) is 11.6 Å². The topological polar surface area (TPSA) is 59.1 Å². The number of pyridine rings is 1. The molecule has 0 radical (unpaired) electrons. The minimum Gasteiger partial charge on any atom is -0.282 e. The minimum atomic E-state index is -3.33. The molecule has 1 rings (SSSR count). The number of nitrogens with one attached hydrogen (secondary N) is 1. The number of rotatable bonds is 5. The van der Waals surface area contributed by atoms with Crippen LogP contribution in [0.4, 0.5) is 5.69 Å². The van der Waals surface area contributed by atoms with Gasteiger partial charge in [0.15, 0.2) is 0 Å². The normalized spacial score (nSPS) is 13.4. The lowest BCUT2D eigenvalue weighted by Gasteiger charge is -2.10. The highest BCUT2D eigenvalue weighted by Gasteiger charge is 2.15. The molecule has 0 saturated heterocycles. The van der Waals surface area contributed by atoms with Gasteiger partial charge in [0, 0.05) is 11.6 Å². The number of anilines is 1. The summed E-state index contributed by atoms with van der Waals surface area (Å²) in [6.07, 6.45) is 1.50. The van der Waals surface area contributed by atoms with E-state index >= 15 is 0 Å². The summed E-state index contributed by atoms with van der Waals surface area (Å²) in [5, 5.41) is 0. The van der Waals surface area contributed by atoms with Crippen molar-refractivity contribution in [2.45, 2.75) is 13.8 Å². The van der Waals surface area contributed by atoms with Crippen molar-refractivity contribution >= 4 is 27.3 Å². The van der Waals surface area contributed by atoms with Gasteiger partial charge in [-0.1, -0.05) is 6.92 Å². The minimum absolute atomic E-state index is 0.0182. The molecule has 0 bridgehead atoms. The van der Waals surface area contributed by atoms with E-state index in [1.807, 2.05) is 6.92 Å². The second-order valence-corrected chi connectivity index (χ2v) is 5.91. The summed E-state index contributed by atoms with van der Waals surface area (Å²) in [6.45, 7) is 3.63. The summed E-state index contributed by atoms with van der Waals surface area (Å²) in [5.41, 5.74) is 1.32. The summed E-state index contributed by atoms with van der Waals surface area (Å²) in [7, 11) is -3.33. The number of aryl methyl sites for hydroxylation is 1. The van der Waals surface area contributed by atoms with Crippen molar-refractivity contribution in [3.05, 3.63) is 24.0 Å². The number of alkyl halides is 1. The molecule has 0 aliphatic heterocycles. The summed E-state index contributed by atoms with van der Waals surface area (Å²) in [5.74, 6) is 0.273. The maximum absolute atomic E-state index is 11.7. The summed E-state index contributed by atoms with van der Waals surface area (Å²) in [4.78, 5) is 4.01. The van der Waals surface area contributed by atoms with E-state index in [1.54, 1.807) is 19.1 Å². The molecule has 1 N–H and O–H groups in total. The van der Waals surface area contributed by atoms with Crippen LogP contribution in [0.15, 0.2) is 18.3 Å². The Morgan fingerprint density at radius 2 is 2.19 bits per heavy atom. The van der Waals surface area contributed by atoms with Crippen molar-refractivity contribution in [1.29, 1.82) is 0 Å². The number of hydrogen-bond donors (Lipinski definition) is 1. The Morgan fingerprint density at radius 1 is 1.50 bits per heavy atom. The molecular weight excluding hydrogens is 248 g/mol. The average Bonchev–Trinajstić information content (AvgIpc) is 2.20. The highest BCUT2D eigenvalue weighted by atomic mass is 35.5. The van der Waals surface area contributed by atoms with Gasteiger partial charge in [0.05, 0.1) is 17.6 Å². The Labute approximate surface area is 101 Å². The number of hydrogen-bond acceptors (Lipinski definition) is 3. The van der Waals surface area contributed by atoms with Crippen LogP contribution < -0.4 is 4.72 Å². The fraction of sp³-hybridized carbons (Fsp3) is 0.500. The number of nitrogens with zero attached hydrogens (tertiary/aromatic N) is 1. The van der Waals surface area contributed by atoms with Gasteiger partial charge in [0.1, 0.15) is 0 Å². The van der Waals surface area contributed by atoms with E-state index in [4.69, 9.17) is 11.6 Å². The molecule has 0 amide bonds. The van der Waals surface area contributed by atoms with Crippen molar-refractivity contribution in [2.75, 3.05) is 16.4 Å². The molecule has 6 heteroatoms. The maximum atomic E-state index is 11.7. The van der Waals surface area contributed by atoms with Crippen LogP contribution in [-0.2, 0) is 10.0 Å². The van der Waals surface area contributed by atoms with E-state index in [-0.39, 0.29) is 11.7 Å². The molecule has 0 aliphatic rings. The Bertz CT molecular complexity index is 431. The smallest absolute Gasteiger partial charge is 0.233 e. The van der Waals surface area contributed by atoms with Gasteiger partial charge in [-0.3, -0.25) is 9.71 Å². The number of halogens is 1. The van der Waals surface area contributed by atoms with Crippen molar-refractivity contribution < 1.29 is 8.42 Å². The van der Waals surface area contributed by atoms with Gasteiger partial charge in [0.25, 0.3) is 0 Å². The Morgan fingerprint density at radius 3 is 2.69 bits per heavy atom. The highest BCUT2D eigenvalue weighted by molar-refractivity contribution is 7.92. The second-order valence-electron chi connectivity index (χ2n) is 3.83. The lowest BCUT2D eigenvalue weighted by Crippen LogP contribution is -2.22. The zero-order valence-electron chi connectivity index (χ0n) is 9.27. The second kappa shape index (κ2) is 5.50. The molecule has 90 valence electrons. The van der Waals surface area contributed by atoms with Crippen LogP contribution in [0.2, 0.25) is 0 Å². The Balaban J connectivity index is 2.69. The van der Waals surface area contributed by atoms with Gasteiger partial charge >= 0.3 is 0 Å². The lowest BCUT2D eigenvalue weighted by molar-refractivity contribution is 0.588. The predicted octanol–water partition coefficient (Wildman–Crippen LogP) is 2.01. The van der Waals surface area contributed by atoms with Crippen molar-refractivity contribution in [3.63, 3.8) is 0 Å². The third kappa shape index (κ3) is 4.37. The molecular formula is C10H15ClN2O2S. The third-order valence-corrected chi connectivity index (χ3v) is 4.03. The first kappa shape index (κ1) is 13.3. The van der Waals surface area contributed by atoms with Crippen molar-refractivity contribution in [3.8, 4) is 0 Å². The molecule has 1 aromatic rings. The zero-order valence-corrected chi connectivity index (χ0v) is 10.8. The summed E-state index contributed by atoms with van der Waals surface area (Å²) < 4.78 is 25.8. The van der Waals surface area contributed by atoms with Crippen molar-refractivity contribution in [2.24, 2.45) is 5.92 Å². The molecule has 1 heterocycles. The van der Waals surface area contributed by atoms with E-state index in [9.17, 15) is 8.42 Å². The number of aromatic nitrogens is 1. The zero-order chi connectivity index (χ0) is 12.2. The van der Waals surface area contributed by atoms with E-state index in [0.29, 0.717) is 11.6 Å². The first-order valence-corrected chi connectivity index (χ1v) is 7.11. The van der Waals surface area contributed by atoms with Crippen LogP contribution in [0.1, 0.15) is 12.6 Å². The standard InChI is InChI=1S/C10H15ClN2O2S/c1-8(5-11)7-16(14,15)13-10-4-3-9(2)12-6-10/h3-4,6,8,13H,5,7H2,1-2H3. The largest absolute Gasteiger partial charge is 0.282 e. The van der Waals surface area contributed by atoms with Gasteiger partial charge in [-0.2, -0.15) is 0 Å². The molecule has 4 nitrogen and oxygen atoms in total. The Kier molecular flexibility index (Phi) is 4.56. The van der Waals surface area contributed by atoms with Crippen LogP contribution in [0.3, 0.4) is 0 Å². The van der Waals surface area contributed by atoms with Gasteiger partial charge in [-0.25, -0.2) is 8.42 Å². The summed E-state index contributed by atoms with van der Waals surface area (Å²) >= 11 is 5.58. The molecule has 1 atom stereocenters. The fourth-order valence-corrected chi connectivity index (χ4v) is 2.84. The molecule has 16 heavy (non-hydrogen) atoms. The maximum Gasteiger partial charge on any atom is 0.233 e. The van der Waals surface area contributed by atoms with E-state index in [2.05, 4.69) is 9.71 Å². The van der Waals surface area contributed by atoms with E-state index in [1.165, 1.54) is 6.20 Å². The predicted molar refractivity (Wildman–Crippen MR) is 66.3 cm³/mol. The van der Waals surface area contributed by atoms with Crippen LogP contribution in [-0.4, -0.2) is 25.0 Å². The Hall–Kier alpha value is -0.810. The highest BCUT2D eigenvalue weighted by Crippen LogP contribution is 2.10. The molecule has 0 spiro atoms. The van der Waals surface area contributed by atoms with Crippen LogP contribution >= 0.6 is 11.6 Å². The van der Waals surface area contributed by atoms with Gasteiger partial charge in [0.2, 0.25) is 10.0 Å². The lowest BCUT2D eigenvalue weighted by atomic mass is 10.3. The van der Waals surface area contributed by atoms with E-state index < -0.39 is 10.0 Å². The SMILES string of the molecule is Cc1ccc(NS(=O)(=O)CC(C)CCl)cn1. The third-order valence-electron chi connectivity index (χ3n) is 1.95. The average molecular weight is 263 g/mol. The molecule has 0 fully saturated rings. The van der Waals surface area contributed by atoms with Crippen LogP contribution in [0, 0.1) is 12.8 Å². The van der Waals surface area contributed by atoms with E-state index in [0.717, 1.165) is 5.69 Å². The van der Waals surface area contributed by atoms with Crippen molar-refractivity contribution in [1.82, 2.24) is 4.98 Å². The van der Waals surface area contributed by atoms with Crippen LogP contribution in [0.5, 0.6) is 0 Å². The molecule has 0 aromatic carbocycles. The molecule has 1 unspecified atom stereocenters. The first-order chi connectivity index (χ1) is 7.43. The van der Waals surface area contributed by atoms with Crippen LogP contribution in [0.25, 0.3) is 0 Å². The number of sulfonamides is 1. The molecule has 0 aliphatic carbocycles. The fourth-order valence-electron chi connectivity index (χ4n) is 1.17. The van der Waals surface area contributed by atoms with Gasteiger partial charge < -0.3 is 0 Å². The summed E-state index contributed by atoms with van der Waals surface area (Å²) in [6, 6.07) is 3.44. The van der Waals surface area contributed by atoms with Gasteiger partial charge in [-0.05, 0) is 25.0 Å². The molecule has 0 saturated carbocycles. The monoisotopic (exact) mass is 262 g/mol.